The molecule has 0 aliphatic heterocycles. The summed E-state index contributed by atoms with van der Waals surface area (Å²) in [5.41, 5.74) is 3.72. The SMILES string of the molecule is C=CC.C=Cc1[nH]cc(C)c1C.CC. The third-order valence-corrected chi connectivity index (χ3v) is 1.64. The highest BCUT2D eigenvalue weighted by atomic mass is 14.7. The highest BCUT2D eigenvalue weighted by Gasteiger charge is 1.96. The predicted molar refractivity (Wildman–Crippen MR) is 67.6 cm³/mol. The molecule has 0 radical (unpaired) electrons. The lowest BCUT2D eigenvalue weighted by atomic mass is 10.2. The van der Waals surface area contributed by atoms with E-state index in [1.54, 1.807) is 6.08 Å². The first-order valence-corrected chi connectivity index (χ1v) is 5.01. The number of allylic oxidation sites excluding steroid dienone is 1. The predicted octanol–water partition coefficient (Wildman–Crippen LogP) is 4.49. The molecule has 0 atom stereocenters. The maximum atomic E-state index is 3.67. The Morgan fingerprint density at radius 2 is 1.64 bits per heavy atom. The van der Waals surface area contributed by atoms with Gasteiger partial charge in [0, 0.05) is 11.9 Å². The molecule has 0 saturated heterocycles. The minimum atomic E-state index is 1.13. The molecule has 1 nitrogen and oxygen atoms in total. The molecule has 0 unspecified atom stereocenters. The Kier molecular flexibility index (Phi) is 10.7. The van der Waals surface area contributed by atoms with E-state index in [0.717, 1.165) is 5.69 Å². The lowest BCUT2D eigenvalue weighted by molar-refractivity contribution is 1.35. The van der Waals surface area contributed by atoms with Crippen molar-refractivity contribution in [1.29, 1.82) is 0 Å². The number of aromatic amines is 1. The summed E-state index contributed by atoms with van der Waals surface area (Å²) in [6.07, 6.45) is 5.58. The molecule has 14 heavy (non-hydrogen) atoms. The van der Waals surface area contributed by atoms with E-state index in [0.29, 0.717) is 0 Å². The highest BCUT2D eigenvalue weighted by molar-refractivity contribution is 5.49. The van der Waals surface area contributed by atoms with Gasteiger partial charge in [-0.3, -0.25) is 0 Å². The minimum Gasteiger partial charge on any atom is -0.361 e. The number of rotatable bonds is 1. The molecule has 0 aliphatic rings. The van der Waals surface area contributed by atoms with E-state index in [1.807, 2.05) is 33.0 Å². The van der Waals surface area contributed by atoms with Gasteiger partial charge in [-0.15, -0.1) is 6.58 Å². The van der Waals surface area contributed by atoms with Crippen molar-refractivity contribution in [1.82, 2.24) is 4.98 Å². The maximum absolute atomic E-state index is 3.67. The van der Waals surface area contributed by atoms with Gasteiger partial charge in [-0.1, -0.05) is 26.5 Å². The van der Waals surface area contributed by atoms with Gasteiger partial charge in [0.05, 0.1) is 0 Å². The van der Waals surface area contributed by atoms with Gasteiger partial charge in [-0.05, 0) is 38.0 Å². The van der Waals surface area contributed by atoms with Gasteiger partial charge in [-0.2, -0.15) is 0 Å². The zero-order valence-corrected chi connectivity index (χ0v) is 10.1. The van der Waals surface area contributed by atoms with Crippen molar-refractivity contribution in [2.45, 2.75) is 34.6 Å². The number of aromatic nitrogens is 1. The summed E-state index contributed by atoms with van der Waals surface area (Å²) in [6.45, 7) is 17.1. The normalized spacial score (nSPS) is 7.50. The molecule has 80 valence electrons. The molecule has 0 aromatic carbocycles. The summed E-state index contributed by atoms with van der Waals surface area (Å²) >= 11 is 0. The zero-order valence-electron chi connectivity index (χ0n) is 10.1. The molecule has 1 heteroatoms. The largest absolute Gasteiger partial charge is 0.361 e. The van der Waals surface area contributed by atoms with Crippen LogP contribution in [0.25, 0.3) is 6.08 Å². The molecular weight excluding hydrogens is 170 g/mol. The van der Waals surface area contributed by atoms with Crippen molar-refractivity contribution in [2.75, 3.05) is 0 Å². The second kappa shape index (κ2) is 9.85. The Balaban J connectivity index is 0. The second-order valence-corrected chi connectivity index (χ2v) is 2.62. The fraction of sp³-hybridized carbons (Fsp3) is 0.385. The average molecular weight is 193 g/mol. The van der Waals surface area contributed by atoms with Crippen molar-refractivity contribution in [3.8, 4) is 0 Å². The van der Waals surface area contributed by atoms with E-state index >= 15 is 0 Å². The van der Waals surface area contributed by atoms with Crippen molar-refractivity contribution in [2.24, 2.45) is 0 Å². The first kappa shape index (κ1) is 15.2. The van der Waals surface area contributed by atoms with Crippen LogP contribution >= 0.6 is 0 Å². The van der Waals surface area contributed by atoms with Crippen molar-refractivity contribution < 1.29 is 0 Å². The van der Waals surface area contributed by atoms with Crippen molar-refractivity contribution in [3.63, 3.8) is 0 Å². The van der Waals surface area contributed by atoms with Gasteiger partial charge < -0.3 is 4.98 Å². The van der Waals surface area contributed by atoms with Gasteiger partial charge >= 0.3 is 0 Å². The summed E-state index contributed by atoms with van der Waals surface area (Å²) in [6, 6.07) is 0. The molecule has 1 heterocycles. The van der Waals surface area contributed by atoms with E-state index in [-0.39, 0.29) is 0 Å². The third kappa shape index (κ3) is 5.41. The van der Waals surface area contributed by atoms with E-state index in [9.17, 15) is 0 Å². The summed E-state index contributed by atoms with van der Waals surface area (Å²) in [5.74, 6) is 0. The minimum absolute atomic E-state index is 1.13. The molecule has 1 N–H and O–H groups in total. The molecule has 0 bridgehead atoms. The Bertz CT molecular complexity index is 256. The van der Waals surface area contributed by atoms with E-state index in [2.05, 4.69) is 32.0 Å². The Hall–Kier alpha value is -1.24. The number of nitrogens with one attached hydrogen (secondary N) is 1. The van der Waals surface area contributed by atoms with Crippen LogP contribution in [0, 0.1) is 13.8 Å². The molecule has 1 aromatic heterocycles. The first-order valence-electron chi connectivity index (χ1n) is 5.01. The topological polar surface area (TPSA) is 15.8 Å². The van der Waals surface area contributed by atoms with Gasteiger partial charge in [0.1, 0.15) is 0 Å². The summed E-state index contributed by atoms with van der Waals surface area (Å²) < 4.78 is 0. The van der Waals surface area contributed by atoms with Gasteiger partial charge in [0.15, 0.2) is 0 Å². The van der Waals surface area contributed by atoms with Crippen LogP contribution in [0.4, 0.5) is 0 Å². The molecular formula is C13H23N. The molecule has 1 rings (SSSR count). The number of hydrogen-bond donors (Lipinski definition) is 1. The third-order valence-electron chi connectivity index (χ3n) is 1.64. The Labute approximate surface area is 88.6 Å². The van der Waals surface area contributed by atoms with E-state index < -0.39 is 0 Å². The van der Waals surface area contributed by atoms with Gasteiger partial charge in [-0.25, -0.2) is 0 Å². The van der Waals surface area contributed by atoms with Crippen molar-refractivity contribution >= 4 is 6.08 Å². The summed E-state index contributed by atoms with van der Waals surface area (Å²) in [7, 11) is 0. The fourth-order valence-electron chi connectivity index (χ4n) is 0.827. The van der Waals surface area contributed by atoms with Crippen molar-refractivity contribution in [3.05, 3.63) is 42.3 Å². The second-order valence-electron chi connectivity index (χ2n) is 2.62. The first-order chi connectivity index (χ1) is 6.67. The van der Waals surface area contributed by atoms with Crippen LogP contribution in [0.15, 0.2) is 25.4 Å². The molecule has 0 amide bonds. The average Bonchev–Trinajstić information content (AvgIpc) is 2.52. The smallest absolute Gasteiger partial charge is 0.0406 e. The van der Waals surface area contributed by atoms with Gasteiger partial charge in [0.25, 0.3) is 0 Å². The summed E-state index contributed by atoms with van der Waals surface area (Å²) in [4.78, 5) is 3.11. The monoisotopic (exact) mass is 193 g/mol. The fourth-order valence-corrected chi connectivity index (χ4v) is 0.827. The van der Waals surface area contributed by atoms with E-state index in [4.69, 9.17) is 0 Å². The molecule has 1 aromatic rings. The number of aryl methyl sites for hydroxylation is 1. The highest BCUT2D eigenvalue weighted by Crippen LogP contribution is 2.11. The van der Waals surface area contributed by atoms with Crippen LogP contribution in [0.1, 0.15) is 37.6 Å². The van der Waals surface area contributed by atoms with Crippen LogP contribution < -0.4 is 0 Å². The maximum Gasteiger partial charge on any atom is 0.0406 e. The molecule has 0 spiro atoms. The molecule has 0 fully saturated rings. The molecule has 0 aliphatic carbocycles. The van der Waals surface area contributed by atoms with Crippen LogP contribution in [0.2, 0.25) is 0 Å². The zero-order chi connectivity index (χ0) is 11.6. The molecule has 0 saturated carbocycles. The number of H-pyrrole nitrogens is 1. The summed E-state index contributed by atoms with van der Waals surface area (Å²) in [5, 5.41) is 0. The van der Waals surface area contributed by atoms with Crippen LogP contribution in [0.3, 0.4) is 0 Å². The Morgan fingerprint density at radius 1 is 1.21 bits per heavy atom. The lowest BCUT2D eigenvalue weighted by Crippen LogP contribution is -1.73. The van der Waals surface area contributed by atoms with Crippen LogP contribution in [-0.4, -0.2) is 4.98 Å². The quantitative estimate of drug-likeness (QED) is 0.632. The lowest BCUT2D eigenvalue weighted by Gasteiger charge is -1.88. The Morgan fingerprint density at radius 3 is 1.79 bits per heavy atom. The van der Waals surface area contributed by atoms with E-state index in [1.165, 1.54) is 11.1 Å². The van der Waals surface area contributed by atoms with Crippen LogP contribution in [-0.2, 0) is 0 Å². The van der Waals surface area contributed by atoms with Crippen LogP contribution in [0.5, 0.6) is 0 Å². The standard InChI is InChI=1S/C8H11N.C3H6.C2H6/c1-4-8-7(3)6(2)5-9-8;1-3-2;1-2/h4-5,9H,1H2,2-3H3;3H,1H2,2H3;1-2H3. The number of hydrogen-bond acceptors (Lipinski definition) is 0. The van der Waals surface area contributed by atoms with Gasteiger partial charge in [0.2, 0.25) is 0 Å².